The average molecular weight is 349 g/mol. The lowest BCUT2D eigenvalue weighted by Gasteiger charge is -2.28. The van der Waals surface area contributed by atoms with Gasteiger partial charge in [-0.2, -0.15) is 0 Å². The number of alkyl carbamates (subject to hydrolysis) is 1. The van der Waals surface area contributed by atoms with E-state index in [2.05, 4.69) is 24.5 Å². The van der Waals surface area contributed by atoms with Crippen molar-refractivity contribution in [1.29, 1.82) is 0 Å². The quantitative estimate of drug-likeness (QED) is 0.766. The van der Waals surface area contributed by atoms with Crippen LogP contribution in [0.25, 0.3) is 0 Å². The first-order valence-corrected chi connectivity index (χ1v) is 10.2. The van der Waals surface area contributed by atoms with E-state index < -0.39 is 21.5 Å². The molecule has 0 bridgehead atoms. The highest BCUT2D eigenvalue weighted by atomic mass is 32.2. The molecule has 6 nitrogen and oxygen atoms in total. The topological polar surface area (TPSA) is 84.5 Å². The smallest absolute Gasteiger partial charge is 0.407 e. The monoisotopic (exact) mass is 348 g/mol. The van der Waals surface area contributed by atoms with Crippen molar-refractivity contribution in [3.05, 3.63) is 0 Å². The zero-order chi connectivity index (χ0) is 17.7. The molecule has 0 aromatic heterocycles. The van der Waals surface area contributed by atoms with Gasteiger partial charge in [-0.25, -0.2) is 13.2 Å². The largest absolute Gasteiger partial charge is 0.444 e. The van der Waals surface area contributed by atoms with Crippen LogP contribution in [-0.2, 0) is 14.6 Å². The maximum atomic E-state index is 11.7. The minimum Gasteiger partial charge on any atom is -0.444 e. The summed E-state index contributed by atoms with van der Waals surface area (Å²) in [5.74, 6) is 1.13. The van der Waals surface area contributed by atoms with E-state index in [4.69, 9.17) is 4.74 Å². The van der Waals surface area contributed by atoms with Crippen molar-refractivity contribution in [2.75, 3.05) is 24.6 Å². The Hall–Kier alpha value is -0.820. The molecule has 1 aliphatic rings. The van der Waals surface area contributed by atoms with Crippen molar-refractivity contribution in [3.63, 3.8) is 0 Å². The Morgan fingerprint density at radius 3 is 2.43 bits per heavy atom. The lowest BCUT2D eigenvalue weighted by Crippen LogP contribution is -2.45. The van der Waals surface area contributed by atoms with Crippen LogP contribution in [0.15, 0.2) is 0 Å². The first-order valence-electron chi connectivity index (χ1n) is 8.39. The Labute approximate surface area is 140 Å². The number of carbonyl (C=O) groups excluding carboxylic acids is 1. The van der Waals surface area contributed by atoms with Crippen LogP contribution in [0.4, 0.5) is 4.79 Å². The Kier molecular flexibility index (Phi) is 7.32. The minimum absolute atomic E-state index is 0.0246. The molecule has 0 aliphatic carbocycles. The molecule has 1 saturated heterocycles. The van der Waals surface area contributed by atoms with Crippen LogP contribution in [0.1, 0.15) is 47.5 Å². The Bertz CT molecular complexity index is 483. The van der Waals surface area contributed by atoms with E-state index in [-0.39, 0.29) is 17.7 Å². The second-order valence-corrected chi connectivity index (χ2v) is 9.98. The fourth-order valence-corrected chi connectivity index (χ4v) is 4.24. The Morgan fingerprint density at radius 2 is 1.91 bits per heavy atom. The fraction of sp³-hybridized carbons (Fsp3) is 0.938. The number of nitrogens with one attached hydrogen (secondary N) is 2. The zero-order valence-corrected chi connectivity index (χ0v) is 15.8. The lowest BCUT2D eigenvalue weighted by atomic mass is 9.95. The van der Waals surface area contributed by atoms with Gasteiger partial charge in [0, 0.05) is 19.1 Å². The Morgan fingerprint density at radius 1 is 1.26 bits per heavy atom. The molecule has 2 unspecified atom stereocenters. The maximum absolute atomic E-state index is 11.7. The van der Waals surface area contributed by atoms with Gasteiger partial charge >= 0.3 is 6.09 Å². The molecule has 2 N–H and O–H groups in total. The molecule has 1 heterocycles. The van der Waals surface area contributed by atoms with Crippen molar-refractivity contribution in [3.8, 4) is 0 Å². The van der Waals surface area contributed by atoms with Crippen molar-refractivity contribution in [2.45, 2.75) is 59.1 Å². The summed E-state index contributed by atoms with van der Waals surface area (Å²) in [6.45, 7) is 10.9. The fourth-order valence-electron chi connectivity index (χ4n) is 2.57. The van der Waals surface area contributed by atoms with Gasteiger partial charge in [0.2, 0.25) is 0 Å². The van der Waals surface area contributed by atoms with Crippen LogP contribution < -0.4 is 10.6 Å². The highest BCUT2D eigenvalue weighted by Crippen LogP contribution is 2.14. The van der Waals surface area contributed by atoms with Crippen LogP contribution in [0.3, 0.4) is 0 Å². The van der Waals surface area contributed by atoms with Crippen LogP contribution >= 0.6 is 0 Å². The van der Waals surface area contributed by atoms with E-state index in [9.17, 15) is 13.2 Å². The Balaban J connectivity index is 2.42. The molecule has 0 aromatic rings. The molecular weight excluding hydrogens is 316 g/mol. The summed E-state index contributed by atoms with van der Waals surface area (Å²) in [4.78, 5) is 11.7. The molecular formula is C16H32N2O4S. The molecule has 23 heavy (non-hydrogen) atoms. The summed E-state index contributed by atoms with van der Waals surface area (Å²) in [6.07, 6.45) is 1.20. The van der Waals surface area contributed by atoms with Gasteiger partial charge in [-0.3, -0.25) is 0 Å². The minimum atomic E-state index is -2.90. The normalized spacial score (nSPS) is 22.6. The summed E-state index contributed by atoms with van der Waals surface area (Å²) in [6, 6.07) is 0.0246. The van der Waals surface area contributed by atoms with E-state index in [1.54, 1.807) is 0 Å². The van der Waals surface area contributed by atoms with E-state index in [1.165, 1.54) is 0 Å². The van der Waals surface area contributed by atoms with Gasteiger partial charge in [-0.05, 0) is 45.4 Å². The number of hydrogen-bond acceptors (Lipinski definition) is 5. The summed E-state index contributed by atoms with van der Waals surface area (Å²) in [5.41, 5.74) is -0.508. The highest BCUT2D eigenvalue weighted by Gasteiger charge is 2.26. The number of amides is 1. The van der Waals surface area contributed by atoms with E-state index in [0.717, 1.165) is 12.8 Å². The third-order valence-corrected chi connectivity index (χ3v) is 5.80. The van der Waals surface area contributed by atoms with Crippen LogP contribution in [0.5, 0.6) is 0 Å². The van der Waals surface area contributed by atoms with Gasteiger partial charge < -0.3 is 15.4 Å². The number of sulfone groups is 1. The third kappa shape index (κ3) is 8.55. The van der Waals surface area contributed by atoms with E-state index >= 15 is 0 Å². The van der Waals surface area contributed by atoms with Gasteiger partial charge in [-0.15, -0.1) is 0 Å². The van der Waals surface area contributed by atoms with Crippen molar-refractivity contribution < 1.29 is 17.9 Å². The highest BCUT2D eigenvalue weighted by molar-refractivity contribution is 7.91. The number of carbonyl (C=O) groups is 1. The molecule has 1 fully saturated rings. The molecule has 1 aliphatic heterocycles. The summed E-state index contributed by atoms with van der Waals surface area (Å²) < 4.78 is 28.6. The van der Waals surface area contributed by atoms with Crippen LogP contribution in [-0.4, -0.2) is 50.7 Å². The molecule has 7 heteroatoms. The summed E-state index contributed by atoms with van der Waals surface area (Å²) in [5, 5.41) is 6.16. The number of rotatable bonds is 6. The molecule has 0 saturated carbocycles. The molecule has 0 spiro atoms. The van der Waals surface area contributed by atoms with Crippen LogP contribution in [0, 0.1) is 11.8 Å². The molecule has 1 amide bonds. The van der Waals surface area contributed by atoms with E-state index in [1.807, 2.05) is 20.8 Å². The molecule has 0 radical (unpaired) electrons. The lowest BCUT2D eigenvalue weighted by molar-refractivity contribution is 0.0514. The maximum Gasteiger partial charge on any atom is 0.407 e. The second kappa shape index (κ2) is 8.33. The first kappa shape index (κ1) is 20.2. The zero-order valence-electron chi connectivity index (χ0n) is 15.0. The van der Waals surface area contributed by atoms with Gasteiger partial charge in [0.25, 0.3) is 0 Å². The van der Waals surface area contributed by atoms with Crippen molar-refractivity contribution in [2.24, 2.45) is 11.8 Å². The molecule has 136 valence electrons. The second-order valence-electron chi connectivity index (χ2n) is 7.75. The standard InChI is InChI=1S/C16H32N2O4S/c1-12(2)13(10-18-15(19)22-16(3,4)5)9-17-14-7-6-8-23(20,21)11-14/h12-14,17H,6-11H2,1-5H3,(H,18,19). The van der Waals surface area contributed by atoms with Gasteiger partial charge in [0.15, 0.2) is 9.84 Å². The molecule has 1 rings (SSSR count). The average Bonchev–Trinajstić information content (AvgIpc) is 2.34. The molecule has 2 atom stereocenters. The predicted molar refractivity (Wildman–Crippen MR) is 92.2 cm³/mol. The third-order valence-electron chi connectivity index (χ3n) is 3.98. The van der Waals surface area contributed by atoms with Gasteiger partial charge in [0.05, 0.1) is 11.5 Å². The van der Waals surface area contributed by atoms with Gasteiger partial charge in [0.1, 0.15) is 5.60 Å². The number of hydrogen-bond donors (Lipinski definition) is 2. The predicted octanol–water partition coefficient (Wildman–Crippen LogP) is 1.95. The molecule has 0 aromatic carbocycles. The van der Waals surface area contributed by atoms with Crippen molar-refractivity contribution in [1.82, 2.24) is 10.6 Å². The van der Waals surface area contributed by atoms with Crippen LogP contribution in [0.2, 0.25) is 0 Å². The van der Waals surface area contributed by atoms with E-state index in [0.29, 0.717) is 24.8 Å². The SMILES string of the molecule is CC(C)C(CNC(=O)OC(C)(C)C)CNC1CCCS(=O)(=O)C1. The number of ether oxygens (including phenoxy) is 1. The summed E-state index contributed by atoms with van der Waals surface area (Å²) in [7, 11) is -2.90. The van der Waals surface area contributed by atoms with Gasteiger partial charge in [-0.1, -0.05) is 13.8 Å². The first-order chi connectivity index (χ1) is 10.5. The van der Waals surface area contributed by atoms with Crippen molar-refractivity contribution >= 4 is 15.9 Å². The summed E-state index contributed by atoms with van der Waals surface area (Å²) >= 11 is 0.